The molecule has 2 heteroatoms. The van der Waals surface area contributed by atoms with Gasteiger partial charge in [0.2, 0.25) is 0 Å². The summed E-state index contributed by atoms with van der Waals surface area (Å²) in [5, 5.41) is 8.33. The number of allylic oxidation sites excluding steroid dienone is 1. The first kappa shape index (κ1) is 8.53. The molecule has 1 N–H and O–H groups in total. The second-order valence-electron chi connectivity index (χ2n) is 2.38. The molecule has 1 aromatic carbocycles. The second kappa shape index (κ2) is 4.34. The number of aliphatic hydroxyl groups excluding tert-OH is 1. The molecular weight excluding hydrogens is 152 g/mol. The smallest absolute Gasteiger partial charge is 0.166 e. The maximum Gasteiger partial charge on any atom is 0.166 e. The molecule has 0 aliphatic heterocycles. The molecule has 0 unspecified atom stereocenters. The van der Waals surface area contributed by atoms with Gasteiger partial charge in [0, 0.05) is 12.0 Å². The minimum absolute atomic E-state index is 0.0147. The van der Waals surface area contributed by atoms with Crippen LogP contribution < -0.4 is 0 Å². The Morgan fingerprint density at radius 2 is 2.00 bits per heavy atom. The van der Waals surface area contributed by atoms with Crippen LogP contribution in [0.5, 0.6) is 0 Å². The quantitative estimate of drug-likeness (QED) is 0.547. The molecule has 0 aliphatic rings. The van der Waals surface area contributed by atoms with Crippen molar-refractivity contribution in [3.05, 3.63) is 48.2 Å². The van der Waals surface area contributed by atoms with E-state index in [0.29, 0.717) is 5.56 Å². The maximum absolute atomic E-state index is 11.2. The van der Waals surface area contributed by atoms with Crippen molar-refractivity contribution in [1.82, 2.24) is 0 Å². The molecule has 1 rings (SSSR count). The van der Waals surface area contributed by atoms with E-state index >= 15 is 0 Å². The molecule has 62 valence electrons. The van der Waals surface area contributed by atoms with Crippen LogP contribution in [0.15, 0.2) is 42.7 Å². The lowest BCUT2D eigenvalue weighted by Crippen LogP contribution is -1.95. The van der Waals surface area contributed by atoms with Gasteiger partial charge in [0.1, 0.15) is 0 Å². The Bertz CT molecular complexity index is 275. The lowest BCUT2D eigenvalue weighted by atomic mass is 10.1. The van der Waals surface area contributed by atoms with Crippen molar-refractivity contribution < 1.29 is 9.90 Å². The molecule has 2 nitrogen and oxygen atoms in total. The fraction of sp³-hybridized carbons (Fsp3) is 0.100. The van der Waals surface area contributed by atoms with Gasteiger partial charge in [0.25, 0.3) is 0 Å². The molecule has 12 heavy (non-hydrogen) atoms. The van der Waals surface area contributed by atoms with Crippen LogP contribution in [0.25, 0.3) is 0 Å². The van der Waals surface area contributed by atoms with E-state index in [4.69, 9.17) is 5.11 Å². The minimum Gasteiger partial charge on any atom is -0.516 e. The van der Waals surface area contributed by atoms with Gasteiger partial charge in [-0.2, -0.15) is 0 Å². The van der Waals surface area contributed by atoms with Crippen molar-refractivity contribution in [2.24, 2.45) is 0 Å². The Morgan fingerprint density at radius 3 is 2.58 bits per heavy atom. The number of rotatable bonds is 3. The van der Waals surface area contributed by atoms with Crippen molar-refractivity contribution in [2.75, 3.05) is 0 Å². The highest BCUT2D eigenvalue weighted by Gasteiger charge is 2.00. The number of hydrogen-bond donors (Lipinski definition) is 1. The molecular formula is C10H10O2. The van der Waals surface area contributed by atoms with Crippen LogP contribution in [-0.4, -0.2) is 10.9 Å². The molecule has 0 spiro atoms. The van der Waals surface area contributed by atoms with Gasteiger partial charge in [-0.25, -0.2) is 0 Å². The van der Waals surface area contributed by atoms with Gasteiger partial charge in [0.05, 0.1) is 6.26 Å². The third-order valence-electron chi connectivity index (χ3n) is 1.50. The number of carbonyl (C=O) groups excluding carboxylic acids is 1. The zero-order valence-electron chi connectivity index (χ0n) is 6.60. The van der Waals surface area contributed by atoms with Crippen molar-refractivity contribution in [1.29, 1.82) is 0 Å². The van der Waals surface area contributed by atoms with E-state index in [0.717, 1.165) is 6.26 Å². The summed E-state index contributed by atoms with van der Waals surface area (Å²) in [4.78, 5) is 11.2. The highest BCUT2D eigenvalue weighted by Crippen LogP contribution is 2.02. The van der Waals surface area contributed by atoms with E-state index < -0.39 is 0 Å². The van der Waals surface area contributed by atoms with Crippen LogP contribution in [0.3, 0.4) is 0 Å². The summed E-state index contributed by atoms with van der Waals surface area (Å²) in [5.74, 6) is 0.0147. The van der Waals surface area contributed by atoms with Gasteiger partial charge < -0.3 is 5.11 Å². The van der Waals surface area contributed by atoms with E-state index in [9.17, 15) is 4.79 Å². The monoisotopic (exact) mass is 162 g/mol. The van der Waals surface area contributed by atoms with Gasteiger partial charge in [-0.05, 0) is 6.08 Å². The Kier molecular flexibility index (Phi) is 3.08. The first-order valence-corrected chi connectivity index (χ1v) is 3.72. The zero-order chi connectivity index (χ0) is 8.81. The summed E-state index contributed by atoms with van der Waals surface area (Å²) in [5.41, 5.74) is 0.676. The van der Waals surface area contributed by atoms with Crippen LogP contribution in [-0.2, 0) is 0 Å². The second-order valence-corrected chi connectivity index (χ2v) is 2.38. The van der Waals surface area contributed by atoms with Gasteiger partial charge in [-0.3, -0.25) is 4.79 Å². The highest BCUT2D eigenvalue weighted by molar-refractivity contribution is 5.96. The van der Waals surface area contributed by atoms with Gasteiger partial charge in [-0.15, -0.1) is 0 Å². The average Bonchev–Trinajstić information content (AvgIpc) is 2.15. The summed E-state index contributed by atoms with van der Waals surface area (Å²) >= 11 is 0. The molecule has 0 radical (unpaired) electrons. The normalized spacial score (nSPS) is 10.3. The molecule has 0 heterocycles. The van der Waals surface area contributed by atoms with Crippen LogP contribution in [0, 0.1) is 0 Å². The Labute approximate surface area is 71.2 Å². The standard InChI is InChI=1S/C10H10O2/c11-8-4-7-10(12)9-5-2-1-3-6-9/h1-6,8,11H,7H2. The largest absolute Gasteiger partial charge is 0.516 e. The van der Waals surface area contributed by atoms with Gasteiger partial charge in [-0.1, -0.05) is 30.3 Å². The van der Waals surface area contributed by atoms with Crippen LogP contribution in [0.1, 0.15) is 16.8 Å². The molecule has 1 aromatic rings. The van der Waals surface area contributed by atoms with Crippen molar-refractivity contribution in [3.8, 4) is 0 Å². The molecule has 0 fully saturated rings. The lowest BCUT2D eigenvalue weighted by Gasteiger charge is -1.94. The van der Waals surface area contributed by atoms with Crippen molar-refractivity contribution in [2.45, 2.75) is 6.42 Å². The SMILES string of the molecule is O=C(CC=CO)c1ccccc1. The van der Waals surface area contributed by atoms with Crippen LogP contribution >= 0.6 is 0 Å². The van der Waals surface area contributed by atoms with Crippen molar-refractivity contribution in [3.63, 3.8) is 0 Å². The zero-order valence-corrected chi connectivity index (χ0v) is 6.60. The number of ketones is 1. The Morgan fingerprint density at radius 1 is 1.33 bits per heavy atom. The third kappa shape index (κ3) is 2.23. The molecule has 0 aliphatic carbocycles. The summed E-state index contributed by atoms with van der Waals surface area (Å²) < 4.78 is 0. The number of carbonyl (C=O) groups is 1. The Balaban J connectivity index is 2.66. The molecule has 0 saturated carbocycles. The van der Waals surface area contributed by atoms with Gasteiger partial charge in [0.15, 0.2) is 5.78 Å². The topological polar surface area (TPSA) is 37.3 Å². The predicted molar refractivity (Wildman–Crippen MR) is 47.2 cm³/mol. The van der Waals surface area contributed by atoms with E-state index in [1.54, 1.807) is 12.1 Å². The summed E-state index contributed by atoms with van der Waals surface area (Å²) in [7, 11) is 0. The molecule has 0 amide bonds. The van der Waals surface area contributed by atoms with Crippen molar-refractivity contribution >= 4 is 5.78 Å². The molecule has 0 bridgehead atoms. The number of Topliss-reactive ketones (excluding diaryl/α,β-unsaturated/α-hetero) is 1. The van der Waals surface area contributed by atoms with Crippen LogP contribution in [0.4, 0.5) is 0 Å². The van der Waals surface area contributed by atoms with Gasteiger partial charge >= 0.3 is 0 Å². The molecule has 0 atom stereocenters. The first-order chi connectivity index (χ1) is 5.84. The summed E-state index contributed by atoms with van der Waals surface area (Å²) in [6, 6.07) is 9.01. The number of hydrogen-bond acceptors (Lipinski definition) is 2. The van der Waals surface area contributed by atoms with E-state index in [1.165, 1.54) is 6.08 Å². The summed E-state index contributed by atoms with van der Waals surface area (Å²) in [6.07, 6.45) is 2.57. The van der Waals surface area contributed by atoms with E-state index in [-0.39, 0.29) is 12.2 Å². The third-order valence-corrected chi connectivity index (χ3v) is 1.50. The fourth-order valence-corrected chi connectivity index (χ4v) is 0.902. The lowest BCUT2D eigenvalue weighted by molar-refractivity contribution is 0.0995. The first-order valence-electron chi connectivity index (χ1n) is 3.72. The number of aliphatic hydroxyl groups is 1. The average molecular weight is 162 g/mol. The fourth-order valence-electron chi connectivity index (χ4n) is 0.902. The maximum atomic E-state index is 11.2. The Hall–Kier alpha value is -1.57. The summed E-state index contributed by atoms with van der Waals surface area (Å²) in [6.45, 7) is 0. The van der Waals surface area contributed by atoms with E-state index in [1.807, 2.05) is 18.2 Å². The highest BCUT2D eigenvalue weighted by atomic mass is 16.2. The number of benzene rings is 1. The van der Waals surface area contributed by atoms with Crippen LogP contribution in [0.2, 0.25) is 0 Å². The molecule has 0 saturated heterocycles. The van der Waals surface area contributed by atoms with E-state index in [2.05, 4.69) is 0 Å². The minimum atomic E-state index is 0.0147. The predicted octanol–water partition coefficient (Wildman–Crippen LogP) is 2.33. The molecule has 0 aromatic heterocycles.